The molecule has 1 aliphatic heterocycles. The molecular weight excluding hydrogens is 300 g/mol. The first-order chi connectivity index (χ1) is 11.0. The standard InChI is InChI=1S/C16H22N2O5/c1-2-8-17-13(19)10-23-14(20)7-9-18-15(21)11-5-3-4-6-12(11)16(18)22/h3-4,11-12H,2,5-10H2,1H3,(H,17,19)/t11-,12+. The van der Waals surface area contributed by atoms with E-state index in [9.17, 15) is 19.2 Å². The van der Waals surface area contributed by atoms with E-state index in [-0.39, 0.29) is 49.1 Å². The van der Waals surface area contributed by atoms with Gasteiger partial charge < -0.3 is 10.1 Å². The molecule has 0 unspecified atom stereocenters. The molecule has 0 aromatic heterocycles. The summed E-state index contributed by atoms with van der Waals surface area (Å²) in [6.07, 6.45) is 5.70. The number of hydrogen-bond acceptors (Lipinski definition) is 5. The summed E-state index contributed by atoms with van der Waals surface area (Å²) < 4.78 is 4.84. The Morgan fingerprint density at radius 2 is 1.83 bits per heavy atom. The van der Waals surface area contributed by atoms with Crippen LogP contribution >= 0.6 is 0 Å². The smallest absolute Gasteiger partial charge is 0.308 e. The maximum absolute atomic E-state index is 12.2. The number of allylic oxidation sites excluding steroid dienone is 2. The van der Waals surface area contributed by atoms with Crippen molar-refractivity contribution >= 4 is 23.7 Å². The van der Waals surface area contributed by atoms with Crippen LogP contribution in [0.25, 0.3) is 0 Å². The van der Waals surface area contributed by atoms with E-state index >= 15 is 0 Å². The number of likely N-dealkylation sites (tertiary alicyclic amines) is 1. The fourth-order valence-electron chi connectivity index (χ4n) is 2.83. The molecule has 23 heavy (non-hydrogen) atoms. The van der Waals surface area contributed by atoms with E-state index < -0.39 is 5.97 Å². The van der Waals surface area contributed by atoms with E-state index in [1.807, 2.05) is 19.1 Å². The predicted octanol–water partition coefficient (Wildman–Crippen LogP) is 0.397. The monoisotopic (exact) mass is 322 g/mol. The Bertz CT molecular complexity index is 503. The van der Waals surface area contributed by atoms with Crippen molar-refractivity contribution < 1.29 is 23.9 Å². The van der Waals surface area contributed by atoms with Crippen LogP contribution in [-0.4, -0.2) is 48.3 Å². The number of fused-ring (bicyclic) bond motifs is 1. The number of carbonyl (C=O) groups is 4. The van der Waals surface area contributed by atoms with Gasteiger partial charge in [-0.3, -0.25) is 24.1 Å². The fourth-order valence-corrected chi connectivity index (χ4v) is 2.83. The lowest BCUT2D eigenvalue weighted by molar-refractivity contribution is -0.149. The molecule has 2 aliphatic rings. The van der Waals surface area contributed by atoms with Crippen molar-refractivity contribution in [1.29, 1.82) is 0 Å². The van der Waals surface area contributed by atoms with Crippen LogP contribution < -0.4 is 5.32 Å². The molecule has 1 heterocycles. The third-order valence-electron chi connectivity index (χ3n) is 4.07. The van der Waals surface area contributed by atoms with E-state index in [2.05, 4.69) is 5.32 Å². The van der Waals surface area contributed by atoms with E-state index in [1.54, 1.807) is 0 Å². The summed E-state index contributed by atoms with van der Waals surface area (Å²) in [4.78, 5) is 48.5. The van der Waals surface area contributed by atoms with Crippen molar-refractivity contribution in [3.05, 3.63) is 12.2 Å². The molecule has 1 aliphatic carbocycles. The van der Waals surface area contributed by atoms with Crippen molar-refractivity contribution in [3.8, 4) is 0 Å². The molecule has 126 valence electrons. The Balaban J connectivity index is 1.75. The van der Waals surface area contributed by atoms with E-state index in [0.29, 0.717) is 19.4 Å². The Hall–Kier alpha value is -2.18. The molecule has 0 spiro atoms. The highest BCUT2D eigenvalue weighted by Gasteiger charge is 2.46. The summed E-state index contributed by atoms with van der Waals surface area (Å²) in [7, 11) is 0. The maximum atomic E-state index is 12.2. The van der Waals surface area contributed by atoms with Gasteiger partial charge in [-0.2, -0.15) is 0 Å². The van der Waals surface area contributed by atoms with Crippen LogP contribution in [-0.2, 0) is 23.9 Å². The quantitative estimate of drug-likeness (QED) is 0.416. The molecule has 0 radical (unpaired) electrons. The van der Waals surface area contributed by atoms with Gasteiger partial charge in [-0.15, -0.1) is 0 Å². The number of nitrogens with zero attached hydrogens (tertiary/aromatic N) is 1. The van der Waals surface area contributed by atoms with Gasteiger partial charge >= 0.3 is 5.97 Å². The van der Waals surface area contributed by atoms with Crippen LogP contribution in [0.2, 0.25) is 0 Å². The fraction of sp³-hybridized carbons (Fsp3) is 0.625. The predicted molar refractivity (Wildman–Crippen MR) is 81.0 cm³/mol. The van der Waals surface area contributed by atoms with Crippen LogP contribution in [0.15, 0.2) is 12.2 Å². The van der Waals surface area contributed by atoms with E-state index in [0.717, 1.165) is 11.3 Å². The lowest BCUT2D eigenvalue weighted by Crippen LogP contribution is -2.34. The molecule has 0 saturated carbocycles. The van der Waals surface area contributed by atoms with Crippen molar-refractivity contribution in [2.45, 2.75) is 32.6 Å². The van der Waals surface area contributed by atoms with Crippen LogP contribution in [0, 0.1) is 11.8 Å². The summed E-state index contributed by atoms with van der Waals surface area (Å²) in [6, 6.07) is 0. The zero-order valence-corrected chi connectivity index (χ0v) is 13.2. The first kappa shape index (κ1) is 17.2. The molecule has 1 N–H and O–H groups in total. The molecule has 1 saturated heterocycles. The second-order valence-corrected chi connectivity index (χ2v) is 5.74. The van der Waals surface area contributed by atoms with Gasteiger partial charge in [0.25, 0.3) is 5.91 Å². The molecule has 0 aromatic carbocycles. The normalized spacial score (nSPS) is 22.9. The molecule has 3 amide bonds. The molecule has 2 atom stereocenters. The van der Waals surface area contributed by atoms with Gasteiger partial charge in [0.1, 0.15) is 0 Å². The van der Waals surface area contributed by atoms with Gasteiger partial charge in [-0.05, 0) is 19.3 Å². The number of hydrogen-bond donors (Lipinski definition) is 1. The lowest BCUT2D eigenvalue weighted by Gasteiger charge is -2.14. The molecule has 7 heteroatoms. The topological polar surface area (TPSA) is 92.8 Å². The van der Waals surface area contributed by atoms with Gasteiger partial charge in [0, 0.05) is 13.1 Å². The SMILES string of the molecule is CCCNC(=O)COC(=O)CCN1C(=O)[C@H]2CC=CC[C@H]2C1=O. The zero-order valence-electron chi connectivity index (χ0n) is 13.2. The average Bonchev–Trinajstić information content (AvgIpc) is 2.80. The molecule has 7 nitrogen and oxygen atoms in total. The summed E-state index contributed by atoms with van der Waals surface area (Å²) in [5, 5.41) is 2.59. The van der Waals surface area contributed by atoms with Crippen molar-refractivity contribution in [2.24, 2.45) is 11.8 Å². The van der Waals surface area contributed by atoms with E-state index in [1.165, 1.54) is 0 Å². The van der Waals surface area contributed by atoms with Crippen LogP contribution in [0.4, 0.5) is 0 Å². The summed E-state index contributed by atoms with van der Waals surface area (Å²) in [5.41, 5.74) is 0. The van der Waals surface area contributed by atoms with Gasteiger partial charge in [0.15, 0.2) is 6.61 Å². The summed E-state index contributed by atoms with van der Waals surface area (Å²) >= 11 is 0. The molecule has 2 rings (SSSR count). The molecule has 0 bridgehead atoms. The first-order valence-corrected chi connectivity index (χ1v) is 7.97. The van der Waals surface area contributed by atoms with Crippen LogP contribution in [0.1, 0.15) is 32.6 Å². The Morgan fingerprint density at radius 1 is 1.22 bits per heavy atom. The average molecular weight is 322 g/mol. The van der Waals surface area contributed by atoms with Gasteiger partial charge in [-0.1, -0.05) is 19.1 Å². The van der Waals surface area contributed by atoms with E-state index in [4.69, 9.17) is 4.74 Å². The number of carbonyl (C=O) groups excluding carboxylic acids is 4. The number of esters is 1. The minimum atomic E-state index is -0.592. The van der Waals surface area contributed by atoms with Crippen molar-refractivity contribution in [1.82, 2.24) is 10.2 Å². The largest absolute Gasteiger partial charge is 0.456 e. The van der Waals surface area contributed by atoms with Crippen molar-refractivity contribution in [2.75, 3.05) is 19.7 Å². The third-order valence-corrected chi connectivity index (χ3v) is 4.07. The van der Waals surface area contributed by atoms with Crippen molar-refractivity contribution in [3.63, 3.8) is 0 Å². The van der Waals surface area contributed by atoms with Crippen LogP contribution in [0.3, 0.4) is 0 Å². The van der Waals surface area contributed by atoms with Gasteiger partial charge in [0.05, 0.1) is 18.3 Å². The number of amides is 3. The number of rotatable bonds is 7. The molecular formula is C16H22N2O5. The lowest BCUT2D eigenvalue weighted by atomic mass is 9.85. The summed E-state index contributed by atoms with van der Waals surface area (Å²) in [5.74, 6) is -1.95. The van der Waals surface area contributed by atoms with Gasteiger partial charge in [0.2, 0.25) is 11.8 Å². The Kier molecular flexibility index (Phi) is 5.90. The number of imide groups is 1. The Morgan fingerprint density at radius 3 is 2.39 bits per heavy atom. The highest BCUT2D eigenvalue weighted by Crippen LogP contribution is 2.34. The first-order valence-electron chi connectivity index (χ1n) is 7.97. The molecule has 0 aromatic rings. The number of ether oxygens (including phenoxy) is 1. The maximum Gasteiger partial charge on any atom is 0.308 e. The minimum Gasteiger partial charge on any atom is -0.456 e. The molecule has 1 fully saturated rings. The Labute approximate surface area is 135 Å². The zero-order chi connectivity index (χ0) is 16.8. The highest BCUT2D eigenvalue weighted by molar-refractivity contribution is 6.05. The second-order valence-electron chi connectivity index (χ2n) is 5.74. The highest BCUT2D eigenvalue weighted by atomic mass is 16.5. The van der Waals surface area contributed by atoms with Gasteiger partial charge in [-0.25, -0.2) is 0 Å². The minimum absolute atomic E-state index is 0.0140. The van der Waals surface area contributed by atoms with Crippen LogP contribution in [0.5, 0.6) is 0 Å². The second kappa shape index (κ2) is 7.89. The summed E-state index contributed by atoms with van der Waals surface area (Å²) in [6.45, 7) is 2.13. The third kappa shape index (κ3) is 4.18. The number of nitrogens with one attached hydrogen (secondary N) is 1.